The maximum Gasteiger partial charge on any atom is 0.392 e. The number of nitrogens with zero attached hydrogens (tertiary/aromatic N) is 3. The van der Waals surface area contributed by atoms with Crippen LogP contribution in [-0.4, -0.2) is 60.3 Å². The fraction of sp³-hybridized carbons (Fsp3) is 0.375. The molecule has 0 saturated heterocycles. The lowest BCUT2D eigenvalue weighted by molar-refractivity contribution is -0.175. The summed E-state index contributed by atoms with van der Waals surface area (Å²) >= 11 is 2.76. The van der Waals surface area contributed by atoms with Gasteiger partial charge in [-0.1, -0.05) is 43.4 Å². The zero-order chi connectivity index (χ0) is 25.5. The van der Waals surface area contributed by atoms with E-state index in [9.17, 15) is 27.5 Å². The van der Waals surface area contributed by atoms with Crippen LogP contribution in [0, 0.1) is 18.7 Å². The van der Waals surface area contributed by atoms with Gasteiger partial charge >= 0.3 is 35.2 Å². The van der Waals surface area contributed by atoms with Gasteiger partial charge in [0.15, 0.2) is 5.69 Å². The van der Waals surface area contributed by atoms with Crippen LogP contribution in [0.3, 0.4) is 0 Å². The number of allylic oxidation sites excluding steroid dienone is 2. The number of carboxylic acids is 1. The summed E-state index contributed by atoms with van der Waals surface area (Å²) < 4.78 is 55.3. The van der Waals surface area contributed by atoms with E-state index in [-0.39, 0.29) is 58.8 Å². The summed E-state index contributed by atoms with van der Waals surface area (Å²) in [6, 6.07) is 5.63. The van der Waals surface area contributed by atoms with Gasteiger partial charge in [0.2, 0.25) is 5.13 Å². The molecule has 0 amide bonds. The average Bonchev–Trinajstić information content (AvgIpc) is 3.33. The molecule has 5 nitrogen and oxygen atoms in total. The van der Waals surface area contributed by atoms with E-state index in [0.717, 1.165) is 9.78 Å². The van der Waals surface area contributed by atoms with E-state index in [0.29, 0.717) is 22.1 Å². The smallest absolute Gasteiger partial charge is 0.392 e. The number of thiazole rings is 1. The number of benzene rings is 1. The molecule has 36 heavy (non-hydrogen) atoms. The average molecular weight is 552 g/mol. The maximum atomic E-state index is 13.9. The number of halogens is 4. The van der Waals surface area contributed by atoms with Gasteiger partial charge in [-0.25, -0.2) is 14.2 Å². The lowest BCUT2D eigenvalue weighted by Gasteiger charge is -2.23. The molecule has 0 spiro atoms. The van der Waals surface area contributed by atoms with Gasteiger partial charge in [0.05, 0.1) is 21.5 Å². The van der Waals surface area contributed by atoms with Crippen molar-refractivity contribution in [2.45, 2.75) is 55.7 Å². The topological polar surface area (TPSA) is 68.0 Å². The number of thioether (sulfide) groups is 1. The molecule has 2 aromatic heterocycles. The molecule has 190 valence electrons. The fourth-order valence-electron chi connectivity index (χ4n) is 4.08. The highest BCUT2D eigenvalue weighted by Crippen LogP contribution is 2.44. The Balaban J connectivity index is 0.00000361. The van der Waals surface area contributed by atoms with Gasteiger partial charge in [0, 0.05) is 10.8 Å². The van der Waals surface area contributed by atoms with Crippen molar-refractivity contribution in [3.05, 3.63) is 53.2 Å². The zero-order valence-electron chi connectivity index (χ0n) is 19.2. The molecule has 3 aromatic rings. The highest BCUT2D eigenvalue weighted by Gasteiger charge is 2.40. The molecule has 4 rings (SSSR count). The summed E-state index contributed by atoms with van der Waals surface area (Å²) in [7, 11) is 0. The summed E-state index contributed by atoms with van der Waals surface area (Å²) in [6.45, 7) is 5.62. The van der Waals surface area contributed by atoms with Gasteiger partial charge in [-0.05, 0) is 49.5 Å². The van der Waals surface area contributed by atoms with Crippen LogP contribution in [0.25, 0.3) is 21.8 Å². The van der Waals surface area contributed by atoms with E-state index in [1.807, 2.05) is 13.8 Å². The summed E-state index contributed by atoms with van der Waals surface area (Å²) in [6.07, 6.45) is -2.53. The number of rotatable bonds is 6. The second kappa shape index (κ2) is 11.2. The van der Waals surface area contributed by atoms with Crippen molar-refractivity contribution in [2.24, 2.45) is 5.92 Å². The number of carbonyl (C=O) groups is 1. The minimum absolute atomic E-state index is 0. The Bertz CT molecular complexity index is 1300. The van der Waals surface area contributed by atoms with Gasteiger partial charge in [0.1, 0.15) is 5.82 Å². The molecule has 0 aliphatic heterocycles. The third-order valence-corrected chi connectivity index (χ3v) is 7.91. The van der Waals surface area contributed by atoms with E-state index < -0.39 is 23.9 Å². The summed E-state index contributed by atoms with van der Waals surface area (Å²) in [5.41, 5.74) is 2.21. The number of aromatic carboxylic acids is 1. The van der Waals surface area contributed by atoms with Gasteiger partial charge in [-0.15, -0.1) is 11.8 Å². The monoisotopic (exact) mass is 551 g/mol. The molecule has 1 aromatic carbocycles. The molecule has 12 heteroatoms. The van der Waals surface area contributed by atoms with E-state index >= 15 is 0 Å². The van der Waals surface area contributed by atoms with E-state index in [1.54, 1.807) is 19.1 Å². The van der Waals surface area contributed by atoms with Crippen LogP contribution in [0.4, 0.5) is 17.6 Å². The molecule has 0 radical (unpaired) electrons. The van der Waals surface area contributed by atoms with Crippen LogP contribution < -0.4 is 0 Å². The zero-order valence-corrected chi connectivity index (χ0v) is 20.8. The molecule has 1 aliphatic carbocycles. The number of hydrogen-bond donors (Lipinski definition) is 1. The van der Waals surface area contributed by atoms with Crippen LogP contribution in [0.5, 0.6) is 0 Å². The van der Waals surface area contributed by atoms with Crippen LogP contribution in [0.15, 0.2) is 34.6 Å². The van der Waals surface area contributed by atoms with Crippen LogP contribution in [0.2, 0.25) is 0 Å². The molecule has 1 aliphatic rings. The predicted molar refractivity (Wildman–Crippen MR) is 137 cm³/mol. The third kappa shape index (κ3) is 5.98. The first-order valence-corrected chi connectivity index (χ1v) is 12.7. The lowest BCUT2D eigenvalue weighted by Crippen LogP contribution is -2.24. The van der Waals surface area contributed by atoms with Gasteiger partial charge < -0.3 is 5.11 Å². The second-order valence-corrected chi connectivity index (χ2v) is 11.4. The molecule has 1 atom stereocenters. The predicted octanol–water partition coefficient (Wildman–Crippen LogP) is 6.47. The number of carboxylic acid groups (broad SMARTS) is 1. The van der Waals surface area contributed by atoms with Gasteiger partial charge in [0.25, 0.3) is 0 Å². The first-order chi connectivity index (χ1) is 16.5. The molecule has 2 heterocycles. The number of alkyl halides is 3. The largest absolute Gasteiger partial charge is 0.476 e. The Morgan fingerprint density at radius 2 is 2.03 bits per heavy atom. The standard InChI is InChI=1S/C24H23F4N3O2S2.Mg.2H/c1-12(2)34-22-19(14-7-9-16(10-8-14)24(26,27)28)29-23(35-22)31-20(21(32)33)18(13(3)30-31)15-5-4-6-17(25)11-15;;;/h4-7,11-12,16H,8-10H2,1-3H3,(H,32,33);;;. The first-order valence-electron chi connectivity index (χ1n) is 11.0. The van der Waals surface area contributed by atoms with Crippen molar-refractivity contribution in [3.8, 4) is 16.3 Å². The normalized spacial score (nSPS) is 16.1. The Hall–Kier alpha value is -1.89. The molecular weight excluding hydrogens is 527 g/mol. The van der Waals surface area contributed by atoms with Gasteiger partial charge in [-0.3, -0.25) is 0 Å². The molecule has 0 saturated carbocycles. The van der Waals surface area contributed by atoms with E-state index in [1.165, 1.54) is 46.0 Å². The van der Waals surface area contributed by atoms with Crippen molar-refractivity contribution in [1.82, 2.24) is 14.8 Å². The van der Waals surface area contributed by atoms with Crippen LogP contribution in [-0.2, 0) is 0 Å². The maximum absolute atomic E-state index is 13.9. The quantitative estimate of drug-likeness (QED) is 0.216. The highest BCUT2D eigenvalue weighted by atomic mass is 32.2. The number of hydrogen-bond acceptors (Lipinski definition) is 5. The van der Waals surface area contributed by atoms with Crippen molar-refractivity contribution in [2.75, 3.05) is 0 Å². The summed E-state index contributed by atoms with van der Waals surface area (Å²) in [5.74, 6) is -3.11. The van der Waals surface area contributed by atoms with Gasteiger partial charge in [-0.2, -0.15) is 23.0 Å². The van der Waals surface area contributed by atoms with Crippen molar-refractivity contribution in [1.29, 1.82) is 0 Å². The highest BCUT2D eigenvalue weighted by molar-refractivity contribution is 8.01. The first kappa shape index (κ1) is 28.7. The molecule has 0 fully saturated rings. The SMILES string of the molecule is Cc1nn(-c2nc(C3=CCC(C(F)(F)F)CC3)c(SC(C)C)s2)c(C(=O)O)c1-c1cccc(F)c1.[MgH2]. The molecule has 0 bridgehead atoms. The Morgan fingerprint density at radius 1 is 1.31 bits per heavy atom. The Kier molecular flexibility index (Phi) is 8.95. The number of aromatic nitrogens is 3. The van der Waals surface area contributed by atoms with E-state index in [4.69, 9.17) is 0 Å². The Morgan fingerprint density at radius 3 is 2.58 bits per heavy atom. The second-order valence-electron chi connectivity index (χ2n) is 8.58. The van der Waals surface area contributed by atoms with Crippen molar-refractivity contribution >= 4 is 57.7 Å². The molecule has 1 unspecified atom stereocenters. The van der Waals surface area contributed by atoms with Crippen molar-refractivity contribution < 1.29 is 27.5 Å². The molecular formula is C24H25F4MgN3O2S2. The lowest BCUT2D eigenvalue weighted by atomic mass is 9.88. The summed E-state index contributed by atoms with van der Waals surface area (Å²) in [5, 5.41) is 14.9. The third-order valence-electron chi connectivity index (χ3n) is 5.66. The van der Waals surface area contributed by atoms with Crippen LogP contribution >= 0.6 is 23.1 Å². The number of aryl methyl sites for hydroxylation is 1. The van der Waals surface area contributed by atoms with Crippen LogP contribution in [0.1, 0.15) is 55.0 Å². The van der Waals surface area contributed by atoms with Crippen molar-refractivity contribution in [3.63, 3.8) is 0 Å². The minimum Gasteiger partial charge on any atom is -0.476 e. The fourth-order valence-corrected chi connectivity index (χ4v) is 6.59. The van der Waals surface area contributed by atoms with E-state index in [2.05, 4.69) is 10.1 Å². The summed E-state index contributed by atoms with van der Waals surface area (Å²) in [4.78, 5) is 17.0. The minimum atomic E-state index is -4.24. The Labute approximate surface area is 230 Å². The molecule has 1 N–H and O–H groups in total.